The summed E-state index contributed by atoms with van der Waals surface area (Å²) in [6.45, 7) is 0.296. The molecule has 136 valence electrons. The molecule has 0 bridgehead atoms. The van der Waals surface area contributed by atoms with Crippen LogP contribution in [0.1, 0.15) is 16.1 Å². The Kier molecular flexibility index (Phi) is 4.96. The molecule has 0 unspecified atom stereocenters. The highest BCUT2D eigenvalue weighted by Crippen LogP contribution is 2.33. The van der Waals surface area contributed by atoms with Crippen molar-refractivity contribution in [1.82, 2.24) is 4.98 Å². The van der Waals surface area contributed by atoms with Crippen molar-refractivity contribution in [2.24, 2.45) is 0 Å². The van der Waals surface area contributed by atoms with Crippen molar-refractivity contribution < 1.29 is 13.9 Å². The van der Waals surface area contributed by atoms with E-state index in [4.69, 9.17) is 9.15 Å². The maximum Gasteiger partial charge on any atom is 0.261 e. The predicted octanol–water partition coefficient (Wildman–Crippen LogP) is 5.51. The van der Waals surface area contributed by atoms with Crippen molar-refractivity contribution in [2.45, 2.75) is 6.54 Å². The lowest BCUT2D eigenvalue weighted by Crippen LogP contribution is -2.30. The van der Waals surface area contributed by atoms with E-state index in [0.29, 0.717) is 23.0 Å². The number of anilines is 1. The Morgan fingerprint density at radius 2 is 2.07 bits per heavy atom. The SMILES string of the molecule is COc1ccc2sc(N(Cc3ccco3)C(=O)c3ccccc3Br)nc2c1. The fourth-order valence-corrected chi connectivity index (χ4v) is 4.10. The fourth-order valence-electron chi connectivity index (χ4n) is 2.70. The number of amides is 1. The molecule has 1 amide bonds. The lowest BCUT2D eigenvalue weighted by molar-refractivity contribution is 0.0982. The van der Waals surface area contributed by atoms with E-state index in [1.54, 1.807) is 30.4 Å². The van der Waals surface area contributed by atoms with Gasteiger partial charge in [0.1, 0.15) is 11.5 Å². The van der Waals surface area contributed by atoms with Gasteiger partial charge in [0.25, 0.3) is 5.91 Å². The van der Waals surface area contributed by atoms with Crippen LogP contribution in [0, 0.1) is 0 Å². The first kappa shape index (κ1) is 17.8. The van der Waals surface area contributed by atoms with Crippen LogP contribution in [-0.4, -0.2) is 18.0 Å². The van der Waals surface area contributed by atoms with E-state index < -0.39 is 0 Å². The number of carbonyl (C=O) groups is 1. The number of aromatic nitrogens is 1. The molecule has 0 fully saturated rings. The Bertz CT molecular complexity index is 1090. The van der Waals surface area contributed by atoms with Crippen LogP contribution in [0.25, 0.3) is 10.2 Å². The van der Waals surface area contributed by atoms with E-state index in [1.165, 1.54) is 11.3 Å². The third-order valence-electron chi connectivity index (χ3n) is 4.06. The Hall–Kier alpha value is -2.64. The number of benzene rings is 2. The molecule has 0 radical (unpaired) electrons. The molecule has 4 aromatic rings. The Morgan fingerprint density at radius 1 is 1.22 bits per heavy atom. The highest BCUT2D eigenvalue weighted by atomic mass is 79.9. The summed E-state index contributed by atoms with van der Waals surface area (Å²) in [6, 6.07) is 16.7. The van der Waals surface area contributed by atoms with E-state index in [1.807, 2.05) is 42.5 Å². The topological polar surface area (TPSA) is 55.6 Å². The van der Waals surface area contributed by atoms with Gasteiger partial charge in [-0.3, -0.25) is 9.69 Å². The fraction of sp³-hybridized carbons (Fsp3) is 0.100. The minimum absolute atomic E-state index is 0.148. The average Bonchev–Trinajstić information content (AvgIpc) is 3.34. The second-order valence-corrected chi connectivity index (χ2v) is 7.64. The molecule has 2 aromatic heterocycles. The summed E-state index contributed by atoms with van der Waals surface area (Å²) in [6.07, 6.45) is 1.60. The molecule has 0 saturated carbocycles. The number of methoxy groups -OCH3 is 1. The van der Waals surface area contributed by atoms with Crippen LogP contribution in [0.4, 0.5) is 5.13 Å². The van der Waals surface area contributed by atoms with E-state index in [9.17, 15) is 4.79 Å². The number of rotatable bonds is 5. The third kappa shape index (κ3) is 3.61. The van der Waals surface area contributed by atoms with E-state index in [2.05, 4.69) is 20.9 Å². The van der Waals surface area contributed by atoms with Crippen LogP contribution >= 0.6 is 27.3 Å². The van der Waals surface area contributed by atoms with Crippen LogP contribution in [0.5, 0.6) is 5.75 Å². The maximum absolute atomic E-state index is 13.3. The smallest absolute Gasteiger partial charge is 0.261 e. The van der Waals surface area contributed by atoms with Gasteiger partial charge in [-0.1, -0.05) is 23.5 Å². The van der Waals surface area contributed by atoms with Crippen molar-refractivity contribution in [3.63, 3.8) is 0 Å². The van der Waals surface area contributed by atoms with Gasteiger partial charge in [0, 0.05) is 10.5 Å². The molecular weight excluding hydrogens is 428 g/mol. The first-order valence-corrected chi connectivity index (χ1v) is 9.80. The summed E-state index contributed by atoms with van der Waals surface area (Å²) in [5, 5.41) is 0.607. The number of thiazole rings is 1. The largest absolute Gasteiger partial charge is 0.497 e. The van der Waals surface area contributed by atoms with Gasteiger partial charge < -0.3 is 9.15 Å². The number of halogens is 1. The standard InChI is InChI=1S/C20H15BrN2O3S/c1-25-13-8-9-18-17(11-13)22-20(27-18)23(12-14-5-4-10-26-14)19(24)15-6-2-3-7-16(15)21/h2-11H,12H2,1H3. The van der Waals surface area contributed by atoms with Crippen molar-refractivity contribution in [3.05, 3.63) is 76.7 Å². The van der Waals surface area contributed by atoms with Gasteiger partial charge in [-0.2, -0.15) is 0 Å². The first-order valence-electron chi connectivity index (χ1n) is 8.19. The minimum atomic E-state index is -0.148. The summed E-state index contributed by atoms with van der Waals surface area (Å²) < 4.78 is 12.5. The van der Waals surface area contributed by atoms with Crippen LogP contribution in [0.15, 0.2) is 69.8 Å². The summed E-state index contributed by atoms with van der Waals surface area (Å²) in [5.41, 5.74) is 1.36. The molecule has 2 aromatic carbocycles. The molecule has 2 heterocycles. The van der Waals surface area contributed by atoms with Crippen LogP contribution in [-0.2, 0) is 6.54 Å². The normalized spacial score (nSPS) is 10.9. The predicted molar refractivity (Wildman–Crippen MR) is 110 cm³/mol. The molecule has 0 atom stereocenters. The lowest BCUT2D eigenvalue weighted by Gasteiger charge is -2.19. The van der Waals surface area contributed by atoms with Gasteiger partial charge >= 0.3 is 0 Å². The summed E-state index contributed by atoms with van der Waals surface area (Å²) >= 11 is 4.92. The molecule has 0 aliphatic carbocycles. The van der Waals surface area contributed by atoms with Crippen LogP contribution < -0.4 is 9.64 Å². The zero-order valence-electron chi connectivity index (χ0n) is 14.4. The van der Waals surface area contributed by atoms with Gasteiger partial charge in [-0.25, -0.2) is 4.98 Å². The summed E-state index contributed by atoms with van der Waals surface area (Å²) in [4.78, 5) is 19.6. The van der Waals surface area contributed by atoms with Crippen molar-refractivity contribution in [2.75, 3.05) is 12.0 Å². The number of fused-ring (bicyclic) bond motifs is 1. The Balaban J connectivity index is 1.78. The number of furan rings is 1. The van der Waals surface area contributed by atoms with Gasteiger partial charge in [0.05, 0.1) is 35.7 Å². The molecule has 27 heavy (non-hydrogen) atoms. The molecular formula is C20H15BrN2O3S. The van der Waals surface area contributed by atoms with Gasteiger partial charge in [0.15, 0.2) is 5.13 Å². The van der Waals surface area contributed by atoms with Gasteiger partial charge in [0.2, 0.25) is 0 Å². The summed E-state index contributed by atoms with van der Waals surface area (Å²) in [5.74, 6) is 1.27. The van der Waals surface area contributed by atoms with Crippen molar-refractivity contribution >= 4 is 48.5 Å². The van der Waals surface area contributed by atoms with E-state index in [0.717, 1.165) is 20.4 Å². The minimum Gasteiger partial charge on any atom is -0.497 e. The molecule has 0 spiro atoms. The number of nitrogens with zero attached hydrogens (tertiary/aromatic N) is 2. The lowest BCUT2D eigenvalue weighted by atomic mass is 10.2. The molecule has 5 nitrogen and oxygen atoms in total. The molecule has 0 aliphatic rings. The highest BCUT2D eigenvalue weighted by Gasteiger charge is 2.24. The zero-order chi connectivity index (χ0) is 18.8. The average molecular weight is 443 g/mol. The number of hydrogen-bond donors (Lipinski definition) is 0. The first-order chi connectivity index (χ1) is 13.2. The van der Waals surface area contributed by atoms with Crippen LogP contribution in [0.2, 0.25) is 0 Å². The molecule has 0 N–H and O–H groups in total. The second kappa shape index (κ2) is 7.54. The van der Waals surface area contributed by atoms with E-state index in [-0.39, 0.29) is 5.91 Å². The molecule has 7 heteroatoms. The number of ether oxygens (including phenoxy) is 1. The van der Waals surface area contributed by atoms with Crippen molar-refractivity contribution in [3.8, 4) is 5.75 Å². The van der Waals surface area contributed by atoms with Gasteiger partial charge in [-0.15, -0.1) is 0 Å². The monoisotopic (exact) mass is 442 g/mol. The van der Waals surface area contributed by atoms with Crippen molar-refractivity contribution in [1.29, 1.82) is 0 Å². The number of carbonyl (C=O) groups excluding carboxylic acids is 1. The molecule has 0 aliphatic heterocycles. The number of hydrogen-bond acceptors (Lipinski definition) is 5. The molecule has 0 saturated heterocycles. The Morgan fingerprint density at radius 3 is 2.81 bits per heavy atom. The summed E-state index contributed by atoms with van der Waals surface area (Å²) in [7, 11) is 1.62. The molecule has 4 rings (SSSR count). The van der Waals surface area contributed by atoms with Gasteiger partial charge in [-0.05, 0) is 52.3 Å². The quantitative estimate of drug-likeness (QED) is 0.408. The second-order valence-electron chi connectivity index (χ2n) is 5.78. The third-order valence-corrected chi connectivity index (χ3v) is 5.81. The van der Waals surface area contributed by atoms with Crippen LogP contribution in [0.3, 0.4) is 0 Å². The Labute approximate surface area is 168 Å². The highest BCUT2D eigenvalue weighted by molar-refractivity contribution is 9.10. The zero-order valence-corrected chi connectivity index (χ0v) is 16.8. The van der Waals surface area contributed by atoms with E-state index >= 15 is 0 Å². The maximum atomic E-state index is 13.3.